The summed E-state index contributed by atoms with van der Waals surface area (Å²) in [6.45, 7) is 2.06. The first kappa shape index (κ1) is 22.7. The third-order valence-electron chi connectivity index (χ3n) is 6.49. The maximum absolute atomic E-state index is 14.0. The highest BCUT2D eigenvalue weighted by molar-refractivity contribution is 7.89. The Hall–Kier alpha value is -3.11. The van der Waals surface area contributed by atoms with Gasteiger partial charge >= 0.3 is 0 Å². The Morgan fingerprint density at radius 2 is 1.65 bits per heavy atom. The molecule has 2 fully saturated rings. The number of nitrogens with zero attached hydrogens (tertiary/aromatic N) is 4. The zero-order chi connectivity index (χ0) is 23.7. The summed E-state index contributed by atoms with van der Waals surface area (Å²) in [5.74, 6) is 0.0506. The zero-order valence-corrected chi connectivity index (χ0v) is 19.4. The molecule has 34 heavy (non-hydrogen) atoms. The van der Waals surface area contributed by atoms with Crippen LogP contribution in [0, 0.1) is 5.82 Å². The van der Waals surface area contributed by atoms with E-state index in [1.54, 1.807) is 41.3 Å². The molecule has 3 heterocycles. The predicted octanol–water partition coefficient (Wildman–Crippen LogP) is 3.68. The second-order valence-corrected chi connectivity index (χ2v) is 10.6. The average Bonchev–Trinajstić information content (AvgIpc) is 3.57. The van der Waals surface area contributed by atoms with Crippen molar-refractivity contribution in [3.05, 3.63) is 65.8 Å². The highest BCUT2D eigenvalue weighted by atomic mass is 32.2. The molecule has 2 aromatic carbocycles. The fourth-order valence-corrected chi connectivity index (χ4v) is 6.02. The number of hydrogen-bond donors (Lipinski definition) is 0. The standard InChI is InChI=1S/C24H25FN4O4S/c25-21-6-2-1-5-20(21)24(30)28-15-11-18(12-16-28)23-26-22(27-33-23)17-7-9-19(10-8-17)34(31,32)29-13-3-4-14-29/h1-2,5-10,18H,3-4,11-16H2. The summed E-state index contributed by atoms with van der Waals surface area (Å²) >= 11 is 0. The molecule has 0 saturated carbocycles. The Bertz CT molecular complexity index is 1280. The van der Waals surface area contributed by atoms with Crippen molar-refractivity contribution in [1.82, 2.24) is 19.3 Å². The molecule has 0 N–H and O–H groups in total. The molecule has 2 aliphatic heterocycles. The lowest BCUT2D eigenvalue weighted by molar-refractivity contribution is 0.0700. The van der Waals surface area contributed by atoms with Crippen LogP contribution in [-0.4, -0.2) is 59.8 Å². The minimum Gasteiger partial charge on any atom is -0.339 e. The first-order valence-corrected chi connectivity index (χ1v) is 12.9. The normalized spacial score (nSPS) is 17.9. The van der Waals surface area contributed by atoms with Gasteiger partial charge in [0.25, 0.3) is 5.91 Å². The number of aromatic nitrogens is 2. The highest BCUT2D eigenvalue weighted by Crippen LogP contribution is 2.30. The lowest BCUT2D eigenvalue weighted by Crippen LogP contribution is -2.38. The van der Waals surface area contributed by atoms with Gasteiger partial charge in [0.2, 0.25) is 21.7 Å². The second-order valence-electron chi connectivity index (χ2n) is 8.64. The number of carbonyl (C=O) groups excluding carboxylic acids is 1. The van der Waals surface area contributed by atoms with Gasteiger partial charge in [-0.15, -0.1) is 0 Å². The van der Waals surface area contributed by atoms with Gasteiger partial charge in [-0.1, -0.05) is 17.3 Å². The van der Waals surface area contributed by atoms with E-state index in [-0.39, 0.29) is 22.3 Å². The van der Waals surface area contributed by atoms with Crippen molar-refractivity contribution in [3.8, 4) is 11.4 Å². The van der Waals surface area contributed by atoms with E-state index < -0.39 is 15.8 Å². The van der Waals surface area contributed by atoms with E-state index in [4.69, 9.17) is 4.52 Å². The van der Waals surface area contributed by atoms with Crippen LogP contribution in [0.2, 0.25) is 0 Å². The number of sulfonamides is 1. The van der Waals surface area contributed by atoms with Crippen LogP contribution in [0.3, 0.4) is 0 Å². The zero-order valence-electron chi connectivity index (χ0n) is 18.6. The van der Waals surface area contributed by atoms with Crippen molar-refractivity contribution < 1.29 is 22.1 Å². The number of amides is 1. The Balaban J connectivity index is 1.23. The molecule has 2 saturated heterocycles. The molecule has 0 radical (unpaired) electrons. The van der Waals surface area contributed by atoms with Gasteiger partial charge in [-0.25, -0.2) is 12.8 Å². The van der Waals surface area contributed by atoms with Gasteiger partial charge < -0.3 is 9.42 Å². The van der Waals surface area contributed by atoms with Crippen LogP contribution in [0.25, 0.3) is 11.4 Å². The third-order valence-corrected chi connectivity index (χ3v) is 8.41. The molecule has 2 aliphatic rings. The molecule has 0 spiro atoms. The summed E-state index contributed by atoms with van der Waals surface area (Å²) < 4.78 is 46.4. The first-order valence-electron chi connectivity index (χ1n) is 11.4. The number of likely N-dealkylation sites (tertiary alicyclic amines) is 1. The van der Waals surface area contributed by atoms with Gasteiger partial charge in [-0.3, -0.25) is 4.79 Å². The minimum absolute atomic E-state index is 0.000683. The third kappa shape index (κ3) is 4.35. The van der Waals surface area contributed by atoms with Gasteiger partial charge in [0, 0.05) is 37.7 Å². The van der Waals surface area contributed by atoms with Gasteiger partial charge in [0.15, 0.2) is 0 Å². The van der Waals surface area contributed by atoms with Gasteiger partial charge in [-0.05, 0) is 62.1 Å². The molecule has 8 nitrogen and oxygen atoms in total. The maximum atomic E-state index is 14.0. The summed E-state index contributed by atoms with van der Waals surface area (Å²) in [6.07, 6.45) is 3.04. The second kappa shape index (κ2) is 9.27. The molecular weight excluding hydrogens is 459 g/mol. The topological polar surface area (TPSA) is 96.6 Å². The summed E-state index contributed by atoms with van der Waals surface area (Å²) in [5, 5.41) is 4.07. The van der Waals surface area contributed by atoms with Gasteiger partial charge in [0.1, 0.15) is 5.82 Å². The van der Waals surface area contributed by atoms with Crippen LogP contribution in [-0.2, 0) is 10.0 Å². The fraction of sp³-hybridized carbons (Fsp3) is 0.375. The van der Waals surface area contributed by atoms with E-state index in [1.807, 2.05) is 0 Å². The quantitative estimate of drug-likeness (QED) is 0.548. The summed E-state index contributed by atoms with van der Waals surface area (Å²) in [6, 6.07) is 12.5. The lowest BCUT2D eigenvalue weighted by atomic mass is 9.96. The minimum atomic E-state index is -3.47. The molecule has 5 rings (SSSR count). The Labute approximate surface area is 197 Å². The van der Waals surface area contributed by atoms with E-state index >= 15 is 0 Å². The fourth-order valence-electron chi connectivity index (χ4n) is 4.51. The Kier molecular flexibility index (Phi) is 6.18. The van der Waals surface area contributed by atoms with Crippen molar-refractivity contribution in [2.75, 3.05) is 26.2 Å². The van der Waals surface area contributed by atoms with Crippen LogP contribution in [0.5, 0.6) is 0 Å². The highest BCUT2D eigenvalue weighted by Gasteiger charge is 2.30. The smallest absolute Gasteiger partial charge is 0.256 e. The SMILES string of the molecule is O=C(c1ccccc1F)N1CCC(c2nc(-c3ccc(S(=O)(=O)N4CCCC4)cc3)no2)CC1. The summed E-state index contributed by atoms with van der Waals surface area (Å²) in [5.41, 5.74) is 0.749. The monoisotopic (exact) mass is 484 g/mol. The van der Waals surface area contributed by atoms with Crippen molar-refractivity contribution in [3.63, 3.8) is 0 Å². The first-order chi connectivity index (χ1) is 16.4. The van der Waals surface area contributed by atoms with E-state index in [9.17, 15) is 17.6 Å². The van der Waals surface area contributed by atoms with Crippen molar-refractivity contribution in [2.45, 2.75) is 36.5 Å². The number of benzene rings is 2. The van der Waals surface area contributed by atoms with Crippen molar-refractivity contribution in [2.24, 2.45) is 0 Å². The molecule has 1 aromatic heterocycles. The van der Waals surface area contributed by atoms with E-state index in [0.717, 1.165) is 12.8 Å². The van der Waals surface area contributed by atoms with Gasteiger partial charge in [0.05, 0.1) is 10.5 Å². The van der Waals surface area contributed by atoms with E-state index in [1.165, 1.54) is 16.4 Å². The lowest BCUT2D eigenvalue weighted by Gasteiger charge is -2.30. The van der Waals surface area contributed by atoms with Crippen LogP contribution in [0.15, 0.2) is 57.9 Å². The van der Waals surface area contributed by atoms with Crippen LogP contribution in [0.1, 0.15) is 47.8 Å². The number of piperidine rings is 1. The molecule has 0 unspecified atom stereocenters. The van der Waals surface area contributed by atoms with Gasteiger partial charge in [-0.2, -0.15) is 9.29 Å². The molecular formula is C24H25FN4O4S. The number of hydrogen-bond acceptors (Lipinski definition) is 6. The van der Waals surface area contributed by atoms with E-state index in [2.05, 4.69) is 10.1 Å². The average molecular weight is 485 g/mol. The van der Waals surface area contributed by atoms with Crippen LogP contribution in [0.4, 0.5) is 4.39 Å². The number of halogens is 1. The number of rotatable bonds is 5. The number of carbonyl (C=O) groups is 1. The molecule has 0 bridgehead atoms. The predicted molar refractivity (Wildman–Crippen MR) is 122 cm³/mol. The molecule has 3 aromatic rings. The van der Waals surface area contributed by atoms with E-state index in [0.29, 0.717) is 56.3 Å². The van der Waals surface area contributed by atoms with Crippen LogP contribution < -0.4 is 0 Å². The molecule has 0 aliphatic carbocycles. The maximum Gasteiger partial charge on any atom is 0.256 e. The molecule has 178 valence electrons. The Morgan fingerprint density at radius 3 is 2.32 bits per heavy atom. The molecule has 0 atom stereocenters. The summed E-state index contributed by atoms with van der Waals surface area (Å²) in [4.78, 5) is 19.0. The van der Waals surface area contributed by atoms with Crippen molar-refractivity contribution >= 4 is 15.9 Å². The Morgan fingerprint density at radius 1 is 0.971 bits per heavy atom. The van der Waals surface area contributed by atoms with Crippen LogP contribution >= 0.6 is 0 Å². The summed E-state index contributed by atoms with van der Waals surface area (Å²) in [7, 11) is -3.47. The molecule has 1 amide bonds. The molecule has 10 heteroatoms. The largest absolute Gasteiger partial charge is 0.339 e. The van der Waals surface area contributed by atoms with Crippen molar-refractivity contribution in [1.29, 1.82) is 0 Å².